The molecule has 0 fully saturated rings. The van der Waals surface area contributed by atoms with Crippen LogP contribution in [0.4, 0.5) is 0 Å². The molecule has 1 N–H and O–H groups in total. The topological polar surface area (TPSA) is 67.8 Å². The van der Waals surface area contributed by atoms with Gasteiger partial charge in [-0.25, -0.2) is 17.4 Å². The average molecular weight is 337 g/mol. The van der Waals surface area contributed by atoms with Crippen LogP contribution in [0.25, 0.3) is 22.4 Å². The van der Waals surface area contributed by atoms with Gasteiger partial charge in [-0.15, -0.1) is 0 Å². The number of aromatic nitrogens is 3. The number of hydrogen-bond donors (Lipinski definition) is 1. The number of aromatic amines is 1. The summed E-state index contributed by atoms with van der Waals surface area (Å²) < 4.78 is 27.8. The Morgan fingerprint density at radius 3 is 2.54 bits per heavy atom. The number of aryl methyl sites for hydroxylation is 1. The molecule has 0 amide bonds. The molecule has 6 heteroatoms. The molecule has 1 aromatic carbocycles. The van der Waals surface area contributed by atoms with Crippen LogP contribution in [0.1, 0.15) is 5.56 Å². The molecule has 5 nitrogen and oxygen atoms in total. The Kier molecular flexibility index (Phi) is 3.28. The van der Waals surface area contributed by atoms with Crippen molar-refractivity contribution < 1.29 is 8.42 Å². The molecule has 0 saturated carbocycles. The second kappa shape index (κ2) is 5.35. The number of hydrogen-bond acceptors (Lipinski definition) is 3. The van der Waals surface area contributed by atoms with Crippen molar-refractivity contribution in [3.05, 3.63) is 72.6 Å². The zero-order valence-corrected chi connectivity index (χ0v) is 13.8. The molecular formula is C18H15N3O2S. The minimum Gasteiger partial charge on any atom is -0.360 e. The highest BCUT2D eigenvalue weighted by Crippen LogP contribution is 2.30. The lowest BCUT2D eigenvalue weighted by molar-refractivity contribution is 0.589. The molecule has 0 bridgehead atoms. The molecule has 3 heterocycles. The van der Waals surface area contributed by atoms with Gasteiger partial charge in [0.05, 0.1) is 16.3 Å². The highest BCUT2D eigenvalue weighted by atomic mass is 32.2. The van der Waals surface area contributed by atoms with Crippen LogP contribution in [0.3, 0.4) is 0 Å². The van der Waals surface area contributed by atoms with E-state index >= 15 is 0 Å². The van der Waals surface area contributed by atoms with Gasteiger partial charge in [0.25, 0.3) is 10.0 Å². The molecule has 0 saturated heterocycles. The first-order valence-electron chi connectivity index (χ1n) is 7.50. The molecule has 0 aliphatic heterocycles. The van der Waals surface area contributed by atoms with Gasteiger partial charge in [0.2, 0.25) is 0 Å². The standard InChI is InChI=1S/C18H15N3O2S/c1-13-6-8-15(9-7-13)24(22,23)21-17(16-5-3-10-19-16)12-14-4-2-11-20-18(14)21/h2-12,19H,1H3. The third kappa shape index (κ3) is 2.23. The average Bonchev–Trinajstić information content (AvgIpc) is 3.22. The van der Waals surface area contributed by atoms with Crippen molar-refractivity contribution >= 4 is 21.1 Å². The van der Waals surface area contributed by atoms with Crippen LogP contribution >= 0.6 is 0 Å². The quantitative estimate of drug-likeness (QED) is 0.621. The zero-order chi connectivity index (χ0) is 16.7. The van der Waals surface area contributed by atoms with Crippen molar-refractivity contribution in [1.29, 1.82) is 0 Å². The van der Waals surface area contributed by atoms with E-state index in [1.54, 1.807) is 42.7 Å². The Bertz CT molecular complexity index is 1110. The molecule has 3 aromatic heterocycles. The smallest absolute Gasteiger partial charge is 0.269 e. The minimum atomic E-state index is -3.76. The van der Waals surface area contributed by atoms with Gasteiger partial charge >= 0.3 is 0 Å². The molecule has 4 rings (SSSR count). The van der Waals surface area contributed by atoms with E-state index in [1.807, 2.05) is 31.2 Å². The molecule has 4 aromatic rings. The fraction of sp³-hybridized carbons (Fsp3) is 0.0556. The van der Waals surface area contributed by atoms with Crippen LogP contribution in [0, 0.1) is 6.92 Å². The summed E-state index contributed by atoms with van der Waals surface area (Å²) in [7, 11) is -3.76. The highest BCUT2D eigenvalue weighted by Gasteiger charge is 2.24. The van der Waals surface area contributed by atoms with Crippen molar-refractivity contribution in [3.63, 3.8) is 0 Å². The molecule has 0 aliphatic rings. The molecule has 0 unspecified atom stereocenters. The number of pyridine rings is 1. The van der Waals surface area contributed by atoms with Crippen molar-refractivity contribution in [1.82, 2.24) is 13.9 Å². The zero-order valence-electron chi connectivity index (χ0n) is 13.0. The van der Waals surface area contributed by atoms with Crippen LogP contribution in [0.15, 0.2) is 71.9 Å². The minimum absolute atomic E-state index is 0.240. The number of H-pyrrole nitrogens is 1. The molecular weight excluding hydrogens is 322 g/mol. The summed E-state index contributed by atoms with van der Waals surface area (Å²) in [5.74, 6) is 0. The first kappa shape index (κ1) is 14.7. The summed E-state index contributed by atoms with van der Waals surface area (Å²) in [5.41, 5.74) is 2.72. The van der Waals surface area contributed by atoms with Gasteiger partial charge in [-0.3, -0.25) is 0 Å². The van der Waals surface area contributed by atoms with Crippen molar-refractivity contribution in [3.8, 4) is 11.4 Å². The van der Waals surface area contributed by atoms with Crippen LogP contribution in [0.5, 0.6) is 0 Å². The molecule has 0 atom stereocenters. The lowest BCUT2D eigenvalue weighted by Gasteiger charge is -2.11. The fourth-order valence-electron chi connectivity index (χ4n) is 2.75. The molecule has 0 radical (unpaired) electrons. The normalized spacial score (nSPS) is 11.9. The van der Waals surface area contributed by atoms with Crippen LogP contribution < -0.4 is 0 Å². The SMILES string of the molecule is Cc1ccc(S(=O)(=O)n2c(-c3ccc[nH]3)cc3cccnc32)cc1. The Hall–Kier alpha value is -2.86. The van der Waals surface area contributed by atoms with E-state index in [0.717, 1.165) is 16.6 Å². The molecule has 24 heavy (non-hydrogen) atoms. The number of fused-ring (bicyclic) bond motifs is 1. The summed E-state index contributed by atoms with van der Waals surface area (Å²) in [5, 5.41) is 0.776. The van der Waals surface area contributed by atoms with E-state index in [1.165, 1.54) is 3.97 Å². The first-order valence-corrected chi connectivity index (χ1v) is 8.94. The summed E-state index contributed by atoms with van der Waals surface area (Å²) in [6.45, 7) is 1.92. The Morgan fingerprint density at radius 2 is 1.83 bits per heavy atom. The fourth-order valence-corrected chi connectivity index (χ4v) is 4.23. The Balaban J connectivity index is 2.05. The summed E-state index contributed by atoms with van der Waals surface area (Å²) in [4.78, 5) is 7.61. The maximum atomic E-state index is 13.2. The Labute approximate surface area is 139 Å². The number of nitrogens with zero attached hydrogens (tertiary/aromatic N) is 2. The largest absolute Gasteiger partial charge is 0.360 e. The van der Waals surface area contributed by atoms with Gasteiger partial charge in [0.15, 0.2) is 5.65 Å². The van der Waals surface area contributed by atoms with Gasteiger partial charge in [-0.2, -0.15) is 0 Å². The van der Waals surface area contributed by atoms with Crippen LogP contribution in [0.2, 0.25) is 0 Å². The van der Waals surface area contributed by atoms with Crippen LogP contribution in [-0.2, 0) is 10.0 Å². The van der Waals surface area contributed by atoms with Crippen molar-refractivity contribution in [2.24, 2.45) is 0 Å². The summed E-state index contributed by atoms with van der Waals surface area (Å²) >= 11 is 0. The first-order chi connectivity index (χ1) is 11.6. The summed E-state index contributed by atoms with van der Waals surface area (Å²) in [6.07, 6.45) is 3.37. The van der Waals surface area contributed by atoms with E-state index < -0.39 is 10.0 Å². The van der Waals surface area contributed by atoms with E-state index in [2.05, 4.69) is 9.97 Å². The maximum Gasteiger partial charge on any atom is 0.269 e. The van der Waals surface area contributed by atoms with Crippen LogP contribution in [-0.4, -0.2) is 22.4 Å². The van der Waals surface area contributed by atoms with Crippen molar-refractivity contribution in [2.75, 3.05) is 0 Å². The maximum absolute atomic E-state index is 13.2. The van der Waals surface area contributed by atoms with Gasteiger partial charge in [0.1, 0.15) is 0 Å². The summed E-state index contributed by atoms with van der Waals surface area (Å²) in [6, 6.07) is 16.0. The highest BCUT2D eigenvalue weighted by molar-refractivity contribution is 7.90. The van der Waals surface area contributed by atoms with Gasteiger partial charge < -0.3 is 4.98 Å². The molecule has 0 spiro atoms. The Morgan fingerprint density at radius 1 is 1.04 bits per heavy atom. The predicted molar refractivity (Wildman–Crippen MR) is 93.3 cm³/mol. The second-order valence-electron chi connectivity index (χ2n) is 5.61. The lowest BCUT2D eigenvalue weighted by Crippen LogP contribution is -2.14. The van der Waals surface area contributed by atoms with Crippen molar-refractivity contribution in [2.45, 2.75) is 11.8 Å². The van der Waals surface area contributed by atoms with E-state index in [4.69, 9.17) is 0 Å². The van der Waals surface area contributed by atoms with Gasteiger partial charge in [-0.1, -0.05) is 17.7 Å². The number of rotatable bonds is 3. The number of nitrogens with one attached hydrogen (secondary N) is 1. The third-order valence-corrected chi connectivity index (χ3v) is 5.67. The van der Waals surface area contributed by atoms with Gasteiger partial charge in [0, 0.05) is 17.8 Å². The predicted octanol–water partition coefficient (Wildman–Crippen LogP) is 3.58. The van der Waals surface area contributed by atoms with E-state index in [9.17, 15) is 8.42 Å². The lowest BCUT2D eigenvalue weighted by atomic mass is 10.2. The monoisotopic (exact) mass is 337 g/mol. The van der Waals surface area contributed by atoms with Gasteiger partial charge in [-0.05, 0) is 49.4 Å². The second-order valence-corrected chi connectivity index (χ2v) is 7.40. The van der Waals surface area contributed by atoms with E-state index in [0.29, 0.717) is 11.3 Å². The van der Waals surface area contributed by atoms with E-state index in [-0.39, 0.29) is 4.90 Å². The molecule has 0 aliphatic carbocycles. The third-order valence-electron chi connectivity index (χ3n) is 3.95. The number of benzene rings is 1. The molecule has 120 valence electrons.